The van der Waals surface area contributed by atoms with Crippen molar-refractivity contribution in [3.8, 4) is 0 Å². The standard InChI is InChI=1S/C11H19N3O3S/c1-8(11(16)14-2-4-17-5-3-14)13-10(15)9-6-18-7-12-9/h8-9,12H,2-7H2,1H3,(H,13,15). The van der Waals surface area contributed by atoms with Crippen molar-refractivity contribution in [1.29, 1.82) is 0 Å². The number of carbonyl (C=O) groups is 2. The van der Waals surface area contributed by atoms with Crippen molar-refractivity contribution in [3.63, 3.8) is 0 Å². The molecule has 2 saturated heterocycles. The first-order valence-corrected chi connectivity index (χ1v) is 7.32. The van der Waals surface area contributed by atoms with Crippen molar-refractivity contribution in [2.45, 2.75) is 19.0 Å². The van der Waals surface area contributed by atoms with E-state index >= 15 is 0 Å². The molecule has 0 aromatic heterocycles. The van der Waals surface area contributed by atoms with Gasteiger partial charge in [0.15, 0.2) is 0 Å². The Morgan fingerprint density at radius 2 is 2.17 bits per heavy atom. The SMILES string of the molecule is CC(NC(=O)C1CSCN1)C(=O)N1CCOCC1. The van der Waals surface area contributed by atoms with Gasteiger partial charge in [0, 0.05) is 24.7 Å². The molecule has 6 nitrogen and oxygen atoms in total. The van der Waals surface area contributed by atoms with Gasteiger partial charge in [-0.1, -0.05) is 0 Å². The van der Waals surface area contributed by atoms with Crippen LogP contribution < -0.4 is 10.6 Å². The summed E-state index contributed by atoms with van der Waals surface area (Å²) in [6, 6.07) is -0.641. The highest BCUT2D eigenvalue weighted by Gasteiger charge is 2.28. The minimum atomic E-state index is -0.469. The third kappa shape index (κ3) is 3.37. The molecule has 102 valence electrons. The number of hydrogen-bond acceptors (Lipinski definition) is 5. The van der Waals surface area contributed by atoms with E-state index in [0.29, 0.717) is 26.3 Å². The fraction of sp³-hybridized carbons (Fsp3) is 0.818. The number of ether oxygens (including phenoxy) is 1. The third-order valence-corrected chi connectivity index (χ3v) is 4.02. The van der Waals surface area contributed by atoms with Crippen LogP contribution in [-0.2, 0) is 14.3 Å². The molecule has 2 fully saturated rings. The van der Waals surface area contributed by atoms with E-state index in [0.717, 1.165) is 11.6 Å². The fourth-order valence-electron chi connectivity index (χ4n) is 2.00. The molecule has 2 rings (SSSR count). The Hall–Kier alpha value is -0.790. The minimum absolute atomic E-state index is 0.0303. The monoisotopic (exact) mass is 273 g/mol. The average molecular weight is 273 g/mol. The largest absolute Gasteiger partial charge is 0.378 e. The Balaban J connectivity index is 1.80. The van der Waals surface area contributed by atoms with Gasteiger partial charge < -0.3 is 15.0 Å². The molecule has 0 aromatic rings. The zero-order valence-corrected chi connectivity index (χ0v) is 11.3. The quantitative estimate of drug-likeness (QED) is 0.691. The lowest BCUT2D eigenvalue weighted by Gasteiger charge is -2.29. The van der Waals surface area contributed by atoms with Gasteiger partial charge in [0.2, 0.25) is 11.8 Å². The summed E-state index contributed by atoms with van der Waals surface area (Å²) >= 11 is 1.69. The lowest BCUT2D eigenvalue weighted by molar-refractivity contribution is -0.139. The molecule has 2 heterocycles. The van der Waals surface area contributed by atoms with E-state index < -0.39 is 6.04 Å². The van der Waals surface area contributed by atoms with Crippen molar-refractivity contribution in [3.05, 3.63) is 0 Å². The number of nitrogens with zero attached hydrogens (tertiary/aromatic N) is 1. The van der Waals surface area contributed by atoms with Gasteiger partial charge in [0.1, 0.15) is 6.04 Å². The van der Waals surface area contributed by atoms with E-state index in [-0.39, 0.29) is 17.9 Å². The Kier molecular flexibility index (Phi) is 4.85. The van der Waals surface area contributed by atoms with Crippen LogP contribution in [0.25, 0.3) is 0 Å². The summed E-state index contributed by atoms with van der Waals surface area (Å²) < 4.78 is 5.20. The molecule has 2 amide bonds. The second kappa shape index (κ2) is 6.40. The maximum atomic E-state index is 12.1. The number of nitrogens with one attached hydrogen (secondary N) is 2. The third-order valence-electron chi connectivity index (χ3n) is 3.08. The summed E-state index contributed by atoms with van der Waals surface area (Å²) in [5.74, 6) is 1.44. The van der Waals surface area contributed by atoms with Crippen LogP contribution in [0.2, 0.25) is 0 Å². The highest BCUT2D eigenvalue weighted by molar-refractivity contribution is 7.99. The van der Waals surface area contributed by atoms with E-state index in [9.17, 15) is 9.59 Å². The minimum Gasteiger partial charge on any atom is -0.378 e. The first-order chi connectivity index (χ1) is 8.68. The number of thioether (sulfide) groups is 1. The second-order valence-electron chi connectivity index (χ2n) is 4.44. The maximum Gasteiger partial charge on any atom is 0.245 e. The van der Waals surface area contributed by atoms with Crippen LogP contribution in [0.1, 0.15) is 6.92 Å². The molecule has 2 N–H and O–H groups in total. The van der Waals surface area contributed by atoms with Gasteiger partial charge in [-0.05, 0) is 6.92 Å². The normalized spacial score (nSPS) is 25.8. The van der Waals surface area contributed by atoms with Gasteiger partial charge in [-0.15, -0.1) is 11.8 Å². The zero-order chi connectivity index (χ0) is 13.0. The number of morpholine rings is 1. The Bertz CT molecular complexity index is 315. The molecule has 2 unspecified atom stereocenters. The molecule has 0 spiro atoms. The summed E-state index contributed by atoms with van der Waals surface area (Å²) in [6.07, 6.45) is 0. The maximum absolute atomic E-state index is 12.1. The highest BCUT2D eigenvalue weighted by Crippen LogP contribution is 2.09. The van der Waals surface area contributed by atoms with Crippen LogP contribution in [0.5, 0.6) is 0 Å². The molecule has 0 saturated carbocycles. The van der Waals surface area contributed by atoms with Gasteiger partial charge in [0.25, 0.3) is 0 Å². The van der Waals surface area contributed by atoms with E-state index in [1.807, 2.05) is 0 Å². The molecule has 2 atom stereocenters. The Morgan fingerprint density at radius 1 is 1.44 bits per heavy atom. The number of rotatable bonds is 3. The van der Waals surface area contributed by atoms with Crippen molar-refractivity contribution in [1.82, 2.24) is 15.5 Å². The zero-order valence-electron chi connectivity index (χ0n) is 10.5. The van der Waals surface area contributed by atoms with Gasteiger partial charge in [-0.3, -0.25) is 14.9 Å². The summed E-state index contributed by atoms with van der Waals surface area (Å²) in [7, 11) is 0. The number of carbonyl (C=O) groups excluding carboxylic acids is 2. The van der Waals surface area contributed by atoms with Crippen LogP contribution in [-0.4, -0.2) is 66.7 Å². The summed E-state index contributed by atoms with van der Waals surface area (Å²) in [5, 5.41) is 5.86. The molecule has 0 radical (unpaired) electrons. The Morgan fingerprint density at radius 3 is 2.78 bits per heavy atom. The highest BCUT2D eigenvalue weighted by atomic mass is 32.2. The van der Waals surface area contributed by atoms with Crippen molar-refractivity contribution >= 4 is 23.6 Å². The van der Waals surface area contributed by atoms with Crippen LogP contribution >= 0.6 is 11.8 Å². The van der Waals surface area contributed by atoms with Crippen molar-refractivity contribution < 1.29 is 14.3 Å². The van der Waals surface area contributed by atoms with Crippen LogP contribution in [0.3, 0.4) is 0 Å². The van der Waals surface area contributed by atoms with Crippen LogP contribution in [0.4, 0.5) is 0 Å². The molecule has 2 aliphatic rings. The summed E-state index contributed by atoms with van der Waals surface area (Å²) in [4.78, 5) is 25.7. The van der Waals surface area contributed by atoms with E-state index in [1.54, 1.807) is 23.6 Å². The molecular weight excluding hydrogens is 254 g/mol. The number of amides is 2. The number of hydrogen-bond donors (Lipinski definition) is 2. The smallest absolute Gasteiger partial charge is 0.245 e. The first kappa shape index (κ1) is 13.6. The van der Waals surface area contributed by atoms with Gasteiger partial charge >= 0.3 is 0 Å². The van der Waals surface area contributed by atoms with E-state index in [4.69, 9.17) is 4.74 Å². The lowest BCUT2D eigenvalue weighted by Crippen LogP contribution is -2.53. The molecular formula is C11H19N3O3S. The van der Waals surface area contributed by atoms with E-state index in [1.165, 1.54) is 0 Å². The van der Waals surface area contributed by atoms with Crippen LogP contribution in [0.15, 0.2) is 0 Å². The fourth-order valence-corrected chi connectivity index (χ4v) is 2.94. The van der Waals surface area contributed by atoms with Gasteiger partial charge in [-0.25, -0.2) is 0 Å². The van der Waals surface area contributed by atoms with Crippen molar-refractivity contribution in [2.75, 3.05) is 37.9 Å². The van der Waals surface area contributed by atoms with Crippen molar-refractivity contribution in [2.24, 2.45) is 0 Å². The predicted molar refractivity (Wildman–Crippen MR) is 69.3 cm³/mol. The Labute approximate surface area is 111 Å². The molecule has 18 heavy (non-hydrogen) atoms. The molecule has 0 bridgehead atoms. The molecule has 2 aliphatic heterocycles. The average Bonchev–Trinajstić information content (AvgIpc) is 2.92. The second-order valence-corrected chi connectivity index (χ2v) is 5.47. The van der Waals surface area contributed by atoms with E-state index in [2.05, 4.69) is 10.6 Å². The molecule has 0 aliphatic carbocycles. The van der Waals surface area contributed by atoms with Gasteiger partial charge in [-0.2, -0.15) is 0 Å². The lowest BCUT2D eigenvalue weighted by atomic mass is 10.2. The summed E-state index contributed by atoms with van der Waals surface area (Å²) in [6.45, 7) is 4.10. The topological polar surface area (TPSA) is 70.7 Å². The predicted octanol–water partition coefficient (Wildman–Crippen LogP) is -0.988. The molecule has 7 heteroatoms. The first-order valence-electron chi connectivity index (χ1n) is 6.16. The van der Waals surface area contributed by atoms with Gasteiger partial charge in [0.05, 0.1) is 19.3 Å². The molecule has 0 aromatic carbocycles. The van der Waals surface area contributed by atoms with Crippen LogP contribution in [0, 0.1) is 0 Å². The summed E-state index contributed by atoms with van der Waals surface area (Å²) in [5.41, 5.74) is 0.